The van der Waals surface area contributed by atoms with Crippen LogP contribution in [0.3, 0.4) is 0 Å². The van der Waals surface area contributed by atoms with Gasteiger partial charge in [-0.05, 0) is 33.8 Å². The number of fused-ring (bicyclic) bond motifs is 1. The molecular weight excluding hydrogens is 282 g/mol. The van der Waals surface area contributed by atoms with E-state index in [-0.39, 0.29) is 0 Å². The molecule has 1 unspecified atom stereocenters. The van der Waals surface area contributed by atoms with Crippen LogP contribution in [0.5, 0.6) is 0 Å². The summed E-state index contributed by atoms with van der Waals surface area (Å²) in [6, 6.07) is 6.71. The number of amides is 1. The number of hydrogen-bond acceptors (Lipinski definition) is 4. The summed E-state index contributed by atoms with van der Waals surface area (Å²) in [5.41, 5.74) is 0.921. The minimum atomic E-state index is -0.817. The van der Waals surface area contributed by atoms with Crippen molar-refractivity contribution >= 4 is 23.3 Å². The van der Waals surface area contributed by atoms with Crippen LogP contribution in [0.2, 0.25) is 0 Å². The molecule has 1 aromatic heterocycles. The van der Waals surface area contributed by atoms with Crippen LogP contribution in [0, 0.1) is 6.92 Å². The molecule has 0 aliphatic rings. The first-order chi connectivity index (χ1) is 10.2. The van der Waals surface area contributed by atoms with Crippen LogP contribution in [-0.2, 0) is 9.53 Å². The van der Waals surface area contributed by atoms with Gasteiger partial charge in [0.05, 0.1) is 0 Å². The zero-order valence-electron chi connectivity index (χ0n) is 13.5. The van der Waals surface area contributed by atoms with Crippen molar-refractivity contribution in [1.29, 1.82) is 0 Å². The Balaban J connectivity index is 2.36. The number of ether oxygens (including phenoxy) is 1. The van der Waals surface area contributed by atoms with Crippen molar-refractivity contribution in [3.05, 3.63) is 35.6 Å². The molecule has 1 heterocycles. The third kappa shape index (κ3) is 3.13. The number of carbonyl (C=O) groups is 2. The van der Waals surface area contributed by atoms with Crippen molar-refractivity contribution in [2.24, 2.45) is 0 Å². The van der Waals surface area contributed by atoms with Crippen LogP contribution in [-0.4, -0.2) is 29.9 Å². The molecule has 1 amide bonds. The summed E-state index contributed by atoms with van der Waals surface area (Å²) in [6.45, 7) is 7.21. The highest BCUT2D eigenvalue weighted by Crippen LogP contribution is 2.31. The van der Waals surface area contributed by atoms with E-state index in [0.29, 0.717) is 17.6 Å². The van der Waals surface area contributed by atoms with Gasteiger partial charge in [-0.1, -0.05) is 18.2 Å². The Labute approximate surface area is 129 Å². The highest BCUT2D eigenvalue weighted by molar-refractivity contribution is 5.84. The maximum Gasteiger partial charge on any atom is 0.411 e. The van der Waals surface area contributed by atoms with Gasteiger partial charge in [0.2, 0.25) is 0 Å². The Hall–Kier alpha value is -2.30. The fourth-order valence-electron chi connectivity index (χ4n) is 2.25. The number of benzene rings is 1. The van der Waals surface area contributed by atoms with Crippen LogP contribution in [0.15, 0.2) is 28.7 Å². The predicted octanol–water partition coefficient (Wildman–Crippen LogP) is 3.85. The van der Waals surface area contributed by atoms with Gasteiger partial charge in [-0.2, -0.15) is 0 Å². The van der Waals surface area contributed by atoms with Gasteiger partial charge in [0.15, 0.2) is 0 Å². The van der Waals surface area contributed by atoms with Crippen LogP contribution < -0.4 is 0 Å². The number of aryl methyl sites for hydroxylation is 1. The molecule has 0 fully saturated rings. The van der Waals surface area contributed by atoms with E-state index in [2.05, 4.69) is 0 Å². The number of carbonyl (C=O) groups excluding carboxylic acids is 2. The fraction of sp³-hybridized carbons (Fsp3) is 0.412. The molecule has 22 heavy (non-hydrogen) atoms. The van der Waals surface area contributed by atoms with Crippen LogP contribution in [0.25, 0.3) is 11.0 Å². The fourth-order valence-corrected chi connectivity index (χ4v) is 2.25. The summed E-state index contributed by atoms with van der Waals surface area (Å²) in [5, 5.41) is 0.932. The second-order valence-electron chi connectivity index (χ2n) is 6.26. The first kappa shape index (κ1) is 16.1. The first-order valence-electron chi connectivity index (χ1n) is 7.13. The largest absolute Gasteiger partial charge is 0.458 e. The number of aldehydes is 1. The number of para-hydroxylation sites is 1. The molecule has 0 aliphatic heterocycles. The van der Waals surface area contributed by atoms with E-state index in [0.717, 1.165) is 10.9 Å². The van der Waals surface area contributed by atoms with Crippen molar-refractivity contribution in [3.8, 4) is 0 Å². The lowest BCUT2D eigenvalue weighted by Crippen LogP contribution is -2.37. The third-order valence-electron chi connectivity index (χ3n) is 3.38. The summed E-state index contributed by atoms with van der Waals surface area (Å²) in [5.74, 6) is 0.463. The van der Waals surface area contributed by atoms with E-state index < -0.39 is 17.7 Å². The Kier molecular flexibility index (Phi) is 4.26. The van der Waals surface area contributed by atoms with Gasteiger partial charge in [-0.25, -0.2) is 4.79 Å². The molecule has 118 valence electrons. The van der Waals surface area contributed by atoms with Crippen molar-refractivity contribution in [2.45, 2.75) is 39.3 Å². The molecule has 1 atom stereocenters. The molecule has 5 heteroatoms. The topological polar surface area (TPSA) is 59.8 Å². The monoisotopic (exact) mass is 303 g/mol. The Morgan fingerprint density at radius 1 is 1.32 bits per heavy atom. The molecule has 2 rings (SSSR count). The van der Waals surface area contributed by atoms with E-state index in [1.165, 1.54) is 11.9 Å². The summed E-state index contributed by atoms with van der Waals surface area (Å²) < 4.78 is 11.1. The van der Waals surface area contributed by atoms with Crippen LogP contribution in [0.1, 0.15) is 38.1 Å². The Morgan fingerprint density at radius 2 is 1.95 bits per heavy atom. The summed E-state index contributed by atoms with van der Waals surface area (Å²) >= 11 is 0. The minimum absolute atomic E-state index is 0.463. The second kappa shape index (κ2) is 5.83. The quantitative estimate of drug-likeness (QED) is 0.808. The average Bonchev–Trinajstić information content (AvgIpc) is 2.76. The van der Waals surface area contributed by atoms with E-state index >= 15 is 0 Å². The zero-order chi connectivity index (χ0) is 16.5. The second-order valence-corrected chi connectivity index (χ2v) is 6.26. The van der Waals surface area contributed by atoms with Crippen molar-refractivity contribution in [3.63, 3.8) is 0 Å². The molecule has 0 saturated heterocycles. The lowest BCUT2D eigenvalue weighted by Gasteiger charge is -2.27. The van der Waals surface area contributed by atoms with Gasteiger partial charge < -0.3 is 13.9 Å². The maximum absolute atomic E-state index is 12.2. The summed E-state index contributed by atoms with van der Waals surface area (Å²) in [7, 11) is 1.53. The lowest BCUT2D eigenvalue weighted by atomic mass is 10.1. The van der Waals surface area contributed by atoms with Gasteiger partial charge in [-0.3, -0.25) is 4.90 Å². The maximum atomic E-state index is 12.2. The van der Waals surface area contributed by atoms with E-state index in [9.17, 15) is 9.59 Å². The van der Waals surface area contributed by atoms with Crippen molar-refractivity contribution in [1.82, 2.24) is 4.90 Å². The molecule has 2 aromatic rings. The lowest BCUT2D eigenvalue weighted by molar-refractivity contribution is -0.112. The van der Waals surface area contributed by atoms with Gasteiger partial charge in [-0.15, -0.1) is 0 Å². The molecule has 0 saturated carbocycles. The SMILES string of the molecule is Cc1c(C(C=O)N(C)C(=O)OC(C)(C)C)oc2ccccc12. The number of hydrogen-bond donors (Lipinski definition) is 0. The smallest absolute Gasteiger partial charge is 0.411 e. The number of nitrogens with zero attached hydrogens (tertiary/aromatic N) is 1. The van der Waals surface area contributed by atoms with Crippen molar-refractivity contribution in [2.75, 3.05) is 7.05 Å². The first-order valence-corrected chi connectivity index (χ1v) is 7.13. The van der Waals surface area contributed by atoms with Crippen LogP contribution >= 0.6 is 0 Å². The highest BCUT2D eigenvalue weighted by Gasteiger charge is 2.30. The summed E-state index contributed by atoms with van der Waals surface area (Å²) in [6.07, 6.45) is 0.124. The highest BCUT2D eigenvalue weighted by atomic mass is 16.6. The molecule has 5 nitrogen and oxygen atoms in total. The molecule has 0 radical (unpaired) electrons. The molecule has 0 N–H and O–H groups in total. The number of rotatable bonds is 3. The normalized spacial score (nSPS) is 13.0. The minimum Gasteiger partial charge on any atom is -0.458 e. The van der Waals surface area contributed by atoms with Gasteiger partial charge in [0, 0.05) is 18.0 Å². The molecule has 0 bridgehead atoms. The third-order valence-corrected chi connectivity index (χ3v) is 3.38. The predicted molar refractivity (Wildman–Crippen MR) is 83.8 cm³/mol. The average molecular weight is 303 g/mol. The Bertz CT molecular complexity index is 696. The molecule has 0 aliphatic carbocycles. The number of likely N-dealkylation sites (N-methyl/N-ethyl adjacent to an activating group) is 1. The van der Waals surface area contributed by atoms with E-state index in [1.54, 1.807) is 20.8 Å². The van der Waals surface area contributed by atoms with Gasteiger partial charge >= 0.3 is 6.09 Å². The van der Waals surface area contributed by atoms with Crippen molar-refractivity contribution < 1.29 is 18.7 Å². The van der Waals surface area contributed by atoms with Crippen LogP contribution in [0.4, 0.5) is 4.79 Å². The van der Waals surface area contributed by atoms with E-state index in [1.807, 2.05) is 31.2 Å². The molecule has 1 aromatic carbocycles. The molecule has 0 spiro atoms. The molecular formula is C17H21NO4. The van der Waals surface area contributed by atoms with Gasteiger partial charge in [0.25, 0.3) is 0 Å². The standard InChI is InChI=1S/C17H21NO4/c1-11-12-8-6-7-9-14(12)21-15(11)13(10-19)18(5)16(20)22-17(2,3)4/h6-10,13H,1-5H3. The van der Waals surface area contributed by atoms with Gasteiger partial charge in [0.1, 0.15) is 29.3 Å². The van der Waals surface area contributed by atoms with E-state index in [4.69, 9.17) is 9.15 Å². The zero-order valence-corrected chi connectivity index (χ0v) is 13.5. The number of furan rings is 1. The Morgan fingerprint density at radius 3 is 2.50 bits per heavy atom. The summed E-state index contributed by atoms with van der Waals surface area (Å²) in [4.78, 5) is 25.0.